The molecule has 0 saturated carbocycles. The molecule has 4 heteroatoms. The maximum Gasteiger partial charge on any atom is 0.139 e. The van der Waals surface area contributed by atoms with Gasteiger partial charge in [-0.05, 0) is 6.07 Å². The number of benzene rings is 1. The van der Waals surface area contributed by atoms with Crippen molar-refractivity contribution in [2.45, 2.75) is 6.04 Å². The molecule has 0 bridgehead atoms. The van der Waals surface area contributed by atoms with Crippen LogP contribution < -0.4 is 5.73 Å². The molecule has 0 spiro atoms. The number of phenolic OH excluding ortho intramolecular Hbond substituents is 1. The van der Waals surface area contributed by atoms with Crippen LogP contribution >= 0.6 is 11.6 Å². The Morgan fingerprint density at radius 3 is 2.92 bits per heavy atom. The van der Waals surface area contributed by atoms with E-state index in [0.717, 1.165) is 0 Å². The number of halogens is 1. The van der Waals surface area contributed by atoms with Crippen LogP contribution in [0.15, 0.2) is 18.2 Å². The SMILES string of the molecule is COCC(N)c1cccc(Cl)c1O. The second-order valence-electron chi connectivity index (χ2n) is 2.74. The summed E-state index contributed by atoms with van der Waals surface area (Å²) >= 11 is 5.71. The van der Waals surface area contributed by atoms with Gasteiger partial charge in [-0.3, -0.25) is 0 Å². The van der Waals surface area contributed by atoms with Gasteiger partial charge in [0.15, 0.2) is 0 Å². The van der Waals surface area contributed by atoms with Gasteiger partial charge in [-0.15, -0.1) is 0 Å². The minimum atomic E-state index is -0.344. The van der Waals surface area contributed by atoms with Crippen LogP contribution in [0.5, 0.6) is 5.75 Å². The average molecular weight is 202 g/mol. The van der Waals surface area contributed by atoms with Crippen molar-refractivity contribution < 1.29 is 9.84 Å². The molecule has 1 rings (SSSR count). The summed E-state index contributed by atoms with van der Waals surface area (Å²) in [5.74, 6) is 0.0358. The summed E-state index contributed by atoms with van der Waals surface area (Å²) in [7, 11) is 1.56. The fourth-order valence-corrected chi connectivity index (χ4v) is 1.28. The van der Waals surface area contributed by atoms with Gasteiger partial charge in [0.25, 0.3) is 0 Å². The third-order valence-electron chi connectivity index (χ3n) is 1.76. The minimum Gasteiger partial charge on any atom is -0.506 e. The number of hydrogen-bond donors (Lipinski definition) is 2. The Labute approximate surface area is 82.1 Å². The quantitative estimate of drug-likeness (QED) is 0.783. The van der Waals surface area contributed by atoms with Crippen molar-refractivity contribution in [3.05, 3.63) is 28.8 Å². The summed E-state index contributed by atoms with van der Waals surface area (Å²) in [5, 5.41) is 9.84. The van der Waals surface area contributed by atoms with E-state index in [1.807, 2.05) is 0 Å². The van der Waals surface area contributed by atoms with Crippen LogP contribution in [-0.4, -0.2) is 18.8 Å². The zero-order chi connectivity index (χ0) is 9.84. The van der Waals surface area contributed by atoms with Crippen LogP contribution in [0.25, 0.3) is 0 Å². The highest BCUT2D eigenvalue weighted by atomic mass is 35.5. The number of methoxy groups -OCH3 is 1. The van der Waals surface area contributed by atoms with E-state index in [-0.39, 0.29) is 11.8 Å². The smallest absolute Gasteiger partial charge is 0.139 e. The number of phenols is 1. The molecule has 0 aliphatic rings. The zero-order valence-electron chi connectivity index (χ0n) is 7.33. The maximum absolute atomic E-state index is 9.53. The molecule has 0 heterocycles. The zero-order valence-corrected chi connectivity index (χ0v) is 8.08. The molecule has 0 fully saturated rings. The molecule has 0 saturated heterocycles. The lowest BCUT2D eigenvalue weighted by atomic mass is 10.1. The molecule has 13 heavy (non-hydrogen) atoms. The van der Waals surface area contributed by atoms with Crippen molar-refractivity contribution in [2.24, 2.45) is 5.73 Å². The van der Waals surface area contributed by atoms with Gasteiger partial charge >= 0.3 is 0 Å². The highest BCUT2D eigenvalue weighted by molar-refractivity contribution is 6.32. The highest BCUT2D eigenvalue weighted by Gasteiger charge is 2.12. The van der Waals surface area contributed by atoms with Gasteiger partial charge in [0.2, 0.25) is 0 Å². The van der Waals surface area contributed by atoms with Crippen molar-refractivity contribution in [1.82, 2.24) is 0 Å². The summed E-state index contributed by atoms with van der Waals surface area (Å²) in [4.78, 5) is 0. The van der Waals surface area contributed by atoms with Crippen molar-refractivity contribution >= 4 is 11.6 Å². The molecule has 1 aromatic carbocycles. The predicted molar refractivity (Wildman–Crippen MR) is 51.9 cm³/mol. The number of rotatable bonds is 3. The van der Waals surface area contributed by atoms with E-state index < -0.39 is 0 Å². The van der Waals surface area contributed by atoms with Crippen LogP contribution in [0.1, 0.15) is 11.6 Å². The number of nitrogens with two attached hydrogens (primary N) is 1. The Bertz CT molecular complexity index is 291. The van der Waals surface area contributed by atoms with Gasteiger partial charge in [0, 0.05) is 12.7 Å². The predicted octanol–water partition coefficient (Wildman–Crippen LogP) is 1.69. The summed E-state index contributed by atoms with van der Waals surface area (Å²) in [6, 6.07) is 4.74. The molecule has 1 aromatic rings. The first-order chi connectivity index (χ1) is 6.16. The van der Waals surface area contributed by atoms with Gasteiger partial charge in [-0.25, -0.2) is 0 Å². The van der Waals surface area contributed by atoms with E-state index in [1.54, 1.807) is 25.3 Å². The average Bonchev–Trinajstić information content (AvgIpc) is 2.10. The van der Waals surface area contributed by atoms with E-state index in [4.69, 9.17) is 22.1 Å². The third kappa shape index (κ3) is 2.34. The molecule has 0 radical (unpaired) electrons. The van der Waals surface area contributed by atoms with Crippen molar-refractivity contribution in [3.63, 3.8) is 0 Å². The Hall–Kier alpha value is -0.770. The van der Waals surface area contributed by atoms with Crippen molar-refractivity contribution in [2.75, 3.05) is 13.7 Å². The molecule has 0 amide bonds. The molecule has 0 aromatic heterocycles. The second kappa shape index (κ2) is 4.46. The van der Waals surface area contributed by atoms with Gasteiger partial charge in [0.1, 0.15) is 5.75 Å². The lowest BCUT2D eigenvalue weighted by Gasteiger charge is -2.12. The third-order valence-corrected chi connectivity index (χ3v) is 2.07. The molecule has 72 valence electrons. The fraction of sp³-hybridized carbons (Fsp3) is 0.333. The lowest BCUT2D eigenvalue weighted by molar-refractivity contribution is 0.180. The van der Waals surface area contributed by atoms with Crippen LogP contribution in [0.3, 0.4) is 0 Å². The number of aromatic hydroxyl groups is 1. The normalized spacial score (nSPS) is 12.8. The standard InChI is InChI=1S/C9H12ClNO2/c1-13-5-8(11)6-3-2-4-7(10)9(6)12/h2-4,8,12H,5,11H2,1H3. The largest absolute Gasteiger partial charge is 0.506 e. The number of ether oxygens (including phenoxy) is 1. The summed E-state index contributed by atoms with van der Waals surface area (Å²) in [6.45, 7) is 0.355. The Kier molecular flexibility index (Phi) is 3.54. The van der Waals surface area contributed by atoms with E-state index in [9.17, 15) is 5.11 Å². The van der Waals surface area contributed by atoms with E-state index in [0.29, 0.717) is 17.2 Å². The first-order valence-corrected chi connectivity index (χ1v) is 4.26. The molecule has 1 atom stereocenters. The van der Waals surface area contributed by atoms with Crippen molar-refractivity contribution in [1.29, 1.82) is 0 Å². The Morgan fingerprint density at radius 1 is 1.62 bits per heavy atom. The highest BCUT2D eigenvalue weighted by Crippen LogP contribution is 2.30. The number of hydrogen-bond acceptors (Lipinski definition) is 3. The van der Waals surface area contributed by atoms with Crippen molar-refractivity contribution in [3.8, 4) is 5.75 Å². The van der Waals surface area contributed by atoms with E-state index in [1.165, 1.54) is 0 Å². The first kappa shape index (κ1) is 10.3. The van der Waals surface area contributed by atoms with E-state index >= 15 is 0 Å². The maximum atomic E-state index is 9.53. The minimum absolute atomic E-state index is 0.0358. The molecule has 3 N–H and O–H groups in total. The molecule has 3 nitrogen and oxygen atoms in total. The van der Waals surface area contributed by atoms with Crippen LogP contribution in [0, 0.1) is 0 Å². The first-order valence-electron chi connectivity index (χ1n) is 3.88. The summed E-state index contributed by atoms with van der Waals surface area (Å²) < 4.78 is 4.87. The summed E-state index contributed by atoms with van der Waals surface area (Å²) in [5.41, 5.74) is 6.34. The van der Waals surface area contributed by atoms with E-state index in [2.05, 4.69) is 0 Å². The van der Waals surface area contributed by atoms with Gasteiger partial charge in [-0.1, -0.05) is 23.7 Å². The lowest BCUT2D eigenvalue weighted by Crippen LogP contribution is -2.16. The molecular formula is C9H12ClNO2. The monoisotopic (exact) mass is 201 g/mol. The van der Waals surface area contributed by atoms with Gasteiger partial charge in [-0.2, -0.15) is 0 Å². The Morgan fingerprint density at radius 2 is 2.31 bits per heavy atom. The topological polar surface area (TPSA) is 55.5 Å². The second-order valence-corrected chi connectivity index (χ2v) is 3.15. The fourth-order valence-electron chi connectivity index (χ4n) is 1.10. The summed E-state index contributed by atoms with van der Waals surface area (Å²) in [6.07, 6.45) is 0. The molecule has 0 aliphatic carbocycles. The number of para-hydroxylation sites is 1. The Balaban J connectivity index is 2.93. The van der Waals surface area contributed by atoms with Crippen LogP contribution in [-0.2, 0) is 4.74 Å². The molecule has 1 unspecified atom stereocenters. The van der Waals surface area contributed by atoms with Gasteiger partial charge in [0.05, 0.1) is 17.7 Å². The molecular weight excluding hydrogens is 190 g/mol. The van der Waals surface area contributed by atoms with Crippen LogP contribution in [0.4, 0.5) is 0 Å². The van der Waals surface area contributed by atoms with Crippen LogP contribution in [0.2, 0.25) is 5.02 Å². The molecule has 0 aliphatic heterocycles. The van der Waals surface area contributed by atoms with Gasteiger partial charge < -0.3 is 15.6 Å².